The second-order valence-corrected chi connectivity index (χ2v) is 6.92. The first kappa shape index (κ1) is 17.3. The van der Waals surface area contributed by atoms with Gasteiger partial charge in [-0.2, -0.15) is 0 Å². The number of likely N-dealkylation sites (tertiary alicyclic amines) is 1. The molecule has 0 saturated carbocycles. The number of benzene rings is 1. The molecule has 5 heteroatoms. The molecule has 1 amide bonds. The maximum Gasteiger partial charge on any atom is 0.246 e. The minimum atomic E-state index is -0.154. The molecule has 3 heterocycles. The number of ether oxygens (including phenoxy) is 2. The summed E-state index contributed by atoms with van der Waals surface area (Å²) in [5.74, 6) is 1.23. The first-order valence-corrected chi connectivity index (χ1v) is 9.47. The molecule has 1 aromatic heterocycles. The Labute approximate surface area is 153 Å². The predicted octanol–water partition coefficient (Wildman–Crippen LogP) is 3.62. The molecule has 26 heavy (non-hydrogen) atoms. The number of fused-ring (bicyclic) bond motifs is 1. The first-order valence-electron chi connectivity index (χ1n) is 9.47. The Morgan fingerprint density at radius 3 is 2.88 bits per heavy atom. The van der Waals surface area contributed by atoms with E-state index in [0.29, 0.717) is 19.8 Å². The zero-order valence-electron chi connectivity index (χ0n) is 15.1. The van der Waals surface area contributed by atoms with Gasteiger partial charge in [0.15, 0.2) is 6.29 Å². The van der Waals surface area contributed by atoms with Crippen molar-refractivity contribution in [1.82, 2.24) is 4.90 Å². The molecule has 0 spiro atoms. The van der Waals surface area contributed by atoms with E-state index in [1.807, 2.05) is 35.2 Å². The first-order chi connectivity index (χ1) is 12.8. The van der Waals surface area contributed by atoms with Crippen LogP contribution < -0.4 is 0 Å². The van der Waals surface area contributed by atoms with Crippen molar-refractivity contribution in [3.8, 4) is 0 Å². The fourth-order valence-electron chi connectivity index (χ4n) is 3.90. The van der Waals surface area contributed by atoms with E-state index >= 15 is 0 Å². The average Bonchev–Trinajstić information content (AvgIpc) is 3.34. The lowest BCUT2D eigenvalue weighted by Crippen LogP contribution is -2.43. The van der Waals surface area contributed by atoms with E-state index in [9.17, 15) is 4.79 Å². The molecule has 2 fully saturated rings. The Hall–Kier alpha value is -2.11. The van der Waals surface area contributed by atoms with Gasteiger partial charge in [-0.25, -0.2) is 0 Å². The Kier molecular flexibility index (Phi) is 5.09. The Morgan fingerprint density at radius 1 is 1.27 bits per heavy atom. The number of rotatable bonds is 4. The van der Waals surface area contributed by atoms with Crippen LogP contribution in [0.3, 0.4) is 0 Å². The summed E-state index contributed by atoms with van der Waals surface area (Å²) in [6.45, 7) is 4.86. The molecular weight excluding hydrogens is 330 g/mol. The van der Waals surface area contributed by atoms with E-state index in [1.165, 1.54) is 0 Å². The maximum absolute atomic E-state index is 12.7. The van der Waals surface area contributed by atoms with Crippen molar-refractivity contribution in [3.63, 3.8) is 0 Å². The van der Waals surface area contributed by atoms with Gasteiger partial charge in [-0.05, 0) is 25.0 Å². The lowest BCUT2D eigenvalue weighted by atomic mass is 9.97. The third-order valence-electron chi connectivity index (χ3n) is 5.23. The fourth-order valence-corrected chi connectivity index (χ4v) is 3.90. The predicted molar refractivity (Wildman–Crippen MR) is 99.6 cm³/mol. The van der Waals surface area contributed by atoms with Crippen LogP contribution in [-0.2, 0) is 20.7 Å². The molecule has 2 aliphatic heterocycles. The minimum absolute atomic E-state index is 0.0417. The standard InChI is InChI=1S/C21H25NO4/c1-2-18-17(16-7-3-4-8-19(16)26-18)9-10-20(23)22-11-5-6-15(14-22)21-24-12-13-25-21/h3-4,7-10,15,21H,2,5-6,11-14H2,1H3/b10-9+/t15-/m1/s1. The summed E-state index contributed by atoms with van der Waals surface area (Å²) < 4.78 is 17.2. The monoisotopic (exact) mass is 355 g/mol. The van der Waals surface area contributed by atoms with Crippen LogP contribution in [0.1, 0.15) is 31.1 Å². The number of hydrogen-bond acceptors (Lipinski definition) is 4. The van der Waals surface area contributed by atoms with Gasteiger partial charge < -0.3 is 18.8 Å². The number of para-hydroxylation sites is 1. The summed E-state index contributed by atoms with van der Waals surface area (Å²) >= 11 is 0. The van der Waals surface area contributed by atoms with Gasteiger partial charge in [-0.3, -0.25) is 4.79 Å². The van der Waals surface area contributed by atoms with E-state index in [-0.39, 0.29) is 18.1 Å². The van der Waals surface area contributed by atoms with Crippen molar-refractivity contribution in [3.05, 3.63) is 41.7 Å². The highest BCUT2D eigenvalue weighted by atomic mass is 16.7. The summed E-state index contributed by atoms with van der Waals surface area (Å²) in [4.78, 5) is 14.6. The van der Waals surface area contributed by atoms with Crippen LogP contribution >= 0.6 is 0 Å². The van der Waals surface area contributed by atoms with Crippen molar-refractivity contribution in [2.24, 2.45) is 5.92 Å². The van der Waals surface area contributed by atoms with Gasteiger partial charge in [0.2, 0.25) is 5.91 Å². The zero-order valence-corrected chi connectivity index (χ0v) is 15.1. The van der Waals surface area contributed by atoms with Crippen molar-refractivity contribution in [2.75, 3.05) is 26.3 Å². The molecule has 0 radical (unpaired) electrons. The highest BCUT2D eigenvalue weighted by molar-refractivity contribution is 5.96. The normalized spacial score (nSPS) is 21.9. The highest BCUT2D eigenvalue weighted by Crippen LogP contribution is 2.28. The van der Waals surface area contributed by atoms with Crippen LogP contribution in [-0.4, -0.2) is 43.4 Å². The average molecular weight is 355 g/mol. The van der Waals surface area contributed by atoms with Crippen LogP contribution in [0.15, 0.2) is 34.8 Å². The smallest absolute Gasteiger partial charge is 0.246 e. The summed E-state index contributed by atoms with van der Waals surface area (Å²) in [5, 5.41) is 1.05. The largest absolute Gasteiger partial charge is 0.460 e. The lowest BCUT2D eigenvalue weighted by molar-refractivity contribution is -0.134. The summed E-state index contributed by atoms with van der Waals surface area (Å²) in [6, 6.07) is 7.95. The number of amides is 1. The molecule has 2 aromatic rings. The van der Waals surface area contributed by atoms with Crippen molar-refractivity contribution in [1.29, 1.82) is 0 Å². The molecule has 1 aromatic carbocycles. The summed E-state index contributed by atoms with van der Waals surface area (Å²) in [7, 11) is 0. The molecule has 0 bridgehead atoms. The molecule has 5 nitrogen and oxygen atoms in total. The van der Waals surface area contributed by atoms with Gasteiger partial charge in [0.05, 0.1) is 13.2 Å². The van der Waals surface area contributed by atoms with Crippen molar-refractivity contribution >= 4 is 23.0 Å². The summed E-state index contributed by atoms with van der Waals surface area (Å²) in [5.41, 5.74) is 1.87. The topological polar surface area (TPSA) is 51.9 Å². The second-order valence-electron chi connectivity index (χ2n) is 6.92. The number of aryl methyl sites for hydroxylation is 1. The van der Waals surface area contributed by atoms with E-state index in [2.05, 4.69) is 6.92 Å². The van der Waals surface area contributed by atoms with Gasteiger partial charge in [0.1, 0.15) is 11.3 Å². The number of nitrogens with zero attached hydrogens (tertiary/aromatic N) is 1. The Balaban J connectivity index is 1.49. The SMILES string of the molecule is CCc1oc2ccccc2c1/C=C/C(=O)N1CCC[C@@H](C2OCCO2)C1. The zero-order chi connectivity index (χ0) is 17.9. The van der Waals surface area contributed by atoms with E-state index in [0.717, 1.165) is 48.1 Å². The number of hydrogen-bond donors (Lipinski definition) is 0. The molecule has 0 N–H and O–H groups in total. The van der Waals surface area contributed by atoms with E-state index in [4.69, 9.17) is 13.9 Å². The molecular formula is C21H25NO4. The van der Waals surface area contributed by atoms with Crippen LogP contribution in [0, 0.1) is 5.92 Å². The van der Waals surface area contributed by atoms with Crippen LogP contribution in [0.2, 0.25) is 0 Å². The van der Waals surface area contributed by atoms with Gasteiger partial charge in [-0.15, -0.1) is 0 Å². The molecule has 0 aliphatic carbocycles. The fraction of sp³-hybridized carbons (Fsp3) is 0.476. The van der Waals surface area contributed by atoms with Crippen LogP contribution in [0.4, 0.5) is 0 Å². The van der Waals surface area contributed by atoms with E-state index < -0.39 is 0 Å². The number of furan rings is 1. The van der Waals surface area contributed by atoms with Gasteiger partial charge in [-0.1, -0.05) is 25.1 Å². The number of carbonyl (C=O) groups excluding carboxylic acids is 1. The van der Waals surface area contributed by atoms with Gasteiger partial charge in [0.25, 0.3) is 0 Å². The number of piperidine rings is 1. The summed E-state index contributed by atoms with van der Waals surface area (Å²) in [6.07, 6.45) is 6.26. The molecule has 4 rings (SSSR count). The third kappa shape index (κ3) is 3.41. The van der Waals surface area contributed by atoms with Crippen molar-refractivity contribution in [2.45, 2.75) is 32.5 Å². The van der Waals surface area contributed by atoms with Crippen LogP contribution in [0.5, 0.6) is 0 Å². The molecule has 138 valence electrons. The highest BCUT2D eigenvalue weighted by Gasteiger charge is 2.32. The molecule has 2 aliphatic rings. The van der Waals surface area contributed by atoms with Crippen LogP contribution in [0.25, 0.3) is 17.0 Å². The Morgan fingerprint density at radius 2 is 2.08 bits per heavy atom. The quantitative estimate of drug-likeness (QED) is 0.786. The lowest BCUT2D eigenvalue weighted by Gasteiger charge is -2.34. The third-order valence-corrected chi connectivity index (χ3v) is 5.23. The second kappa shape index (κ2) is 7.64. The molecule has 1 atom stereocenters. The minimum Gasteiger partial charge on any atom is -0.460 e. The van der Waals surface area contributed by atoms with Gasteiger partial charge >= 0.3 is 0 Å². The van der Waals surface area contributed by atoms with Gasteiger partial charge in [0, 0.05) is 42.5 Å². The molecule has 0 unspecified atom stereocenters. The number of carbonyl (C=O) groups is 1. The van der Waals surface area contributed by atoms with Crippen molar-refractivity contribution < 1.29 is 18.7 Å². The Bertz CT molecular complexity index is 803. The van der Waals surface area contributed by atoms with E-state index in [1.54, 1.807) is 6.08 Å². The molecule has 2 saturated heterocycles. The maximum atomic E-state index is 12.7.